The van der Waals surface area contributed by atoms with Gasteiger partial charge in [0.15, 0.2) is 6.29 Å². The van der Waals surface area contributed by atoms with Crippen LogP contribution in [0, 0.1) is 13.8 Å². The Hall–Kier alpha value is -4.43. The summed E-state index contributed by atoms with van der Waals surface area (Å²) in [6, 6.07) is 39.6. The molecule has 0 atom stereocenters. The van der Waals surface area contributed by atoms with E-state index in [0.717, 1.165) is 28.7 Å². The van der Waals surface area contributed by atoms with E-state index in [4.69, 9.17) is 0 Å². The SMILES string of the molecule is Cc1cc(N2c3ccccc3C3(c4ccccc4-c4ccccc43)c3ccccc32)cc(C)c1C=O. The summed E-state index contributed by atoms with van der Waals surface area (Å²) in [6.07, 6.45) is 0.966. The molecule has 0 unspecified atom stereocenters. The predicted molar refractivity (Wildman–Crippen MR) is 147 cm³/mol. The number of hydrogen-bond donors (Lipinski definition) is 0. The highest BCUT2D eigenvalue weighted by Gasteiger charge is 2.51. The summed E-state index contributed by atoms with van der Waals surface area (Å²) in [6.45, 7) is 4.04. The molecule has 5 aromatic carbocycles. The Morgan fingerprint density at radius 1 is 0.583 bits per heavy atom. The van der Waals surface area contributed by atoms with Crippen molar-refractivity contribution in [3.63, 3.8) is 0 Å². The number of rotatable bonds is 2. The molecule has 7 rings (SSSR count). The molecule has 0 saturated heterocycles. The Morgan fingerprint density at radius 2 is 1.00 bits per heavy atom. The van der Waals surface area contributed by atoms with Crippen molar-refractivity contribution in [2.24, 2.45) is 0 Å². The zero-order valence-corrected chi connectivity index (χ0v) is 20.3. The lowest BCUT2D eigenvalue weighted by Crippen LogP contribution is -2.36. The molecule has 0 aromatic heterocycles. The average molecular weight is 464 g/mol. The number of benzene rings is 5. The van der Waals surface area contributed by atoms with Gasteiger partial charge in [-0.05, 0) is 82.6 Å². The molecule has 0 amide bonds. The van der Waals surface area contributed by atoms with Crippen LogP contribution < -0.4 is 4.90 Å². The Balaban J connectivity index is 1.62. The van der Waals surface area contributed by atoms with E-state index in [2.05, 4.69) is 114 Å². The molecule has 0 N–H and O–H groups in total. The molecule has 0 radical (unpaired) electrons. The first-order valence-electron chi connectivity index (χ1n) is 12.4. The highest BCUT2D eigenvalue weighted by Crippen LogP contribution is 2.63. The molecule has 1 heterocycles. The third kappa shape index (κ3) is 2.54. The van der Waals surface area contributed by atoms with Gasteiger partial charge in [-0.15, -0.1) is 0 Å². The molecule has 2 nitrogen and oxygen atoms in total. The maximum atomic E-state index is 11.7. The van der Waals surface area contributed by atoms with Crippen LogP contribution in [-0.4, -0.2) is 6.29 Å². The average Bonchev–Trinajstić information content (AvgIpc) is 3.20. The lowest BCUT2D eigenvalue weighted by Gasteiger charge is -2.45. The molecule has 2 heteroatoms. The molecule has 0 fully saturated rings. The number of fused-ring (bicyclic) bond motifs is 9. The van der Waals surface area contributed by atoms with E-state index in [0.29, 0.717) is 0 Å². The van der Waals surface area contributed by atoms with Gasteiger partial charge in [0.2, 0.25) is 0 Å². The molecular weight excluding hydrogens is 438 g/mol. The van der Waals surface area contributed by atoms with E-state index in [1.807, 2.05) is 13.8 Å². The van der Waals surface area contributed by atoms with Crippen molar-refractivity contribution >= 4 is 23.3 Å². The van der Waals surface area contributed by atoms with E-state index in [1.165, 1.54) is 44.8 Å². The molecule has 172 valence electrons. The van der Waals surface area contributed by atoms with Gasteiger partial charge in [-0.2, -0.15) is 0 Å². The zero-order chi connectivity index (χ0) is 24.4. The minimum absolute atomic E-state index is 0.399. The molecule has 1 aliphatic carbocycles. The lowest BCUT2D eigenvalue weighted by molar-refractivity contribution is 0.112. The number of carbonyl (C=O) groups excluding carboxylic acids is 1. The number of nitrogens with zero attached hydrogens (tertiary/aromatic N) is 1. The summed E-state index contributed by atoms with van der Waals surface area (Å²) in [5, 5.41) is 0. The van der Waals surface area contributed by atoms with Crippen LogP contribution in [-0.2, 0) is 5.41 Å². The van der Waals surface area contributed by atoms with Crippen molar-refractivity contribution in [3.8, 4) is 11.1 Å². The van der Waals surface area contributed by atoms with E-state index in [1.54, 1.807) is 0 Å². The van der Waals surface area contributed by atoms with Crippen LogP contribution in [0.1, 0.15) is 43.7 Å². The first-order valence-corrected chi connectivity index (χ1v) is 12.4. The maximum absolute atomic E-state index is 11.7. The first-order chi connectivity index (χ1) is 17.7. The van der Waals surface area contributed by atoms with Crippen LogP contribution in [0.2, 0.25) is 0 Å². The quantitative estimate of drug-likeness (QED) is 0.241. The Kier molecular flexibility index (Phi) is 4.37. The molecule has 1 aliphatic heterocycles. The van der Waals surface area contributed by atoms with Crippen LogP contribution in [0.15, 0.2) is 109 Å². The molecule has 0 bridgehead atoms. The van der Waals surface area contributed by atoms with Crippen LogP contribution >= 0.6 is 0 Å². The molecule has 0 saturated carbocycles. The Labute approximate surface area is 211 Å². The minimum atomic E-state index is -0.399. The lowest BCUT2D eigenvalue weighted by atomic mass is 9.64. The van der Waals surface area contributed by atoms with Gasteiger partial charge in [-0.3, -0.25) is 4.79 Å². The van der Waals surface area contributed by atoms with Gasteiger partial charge < -0.3 is 4.90 Å². The number of aryl methyl sites for hydroxylation is 2. The van der Waals surface area contributed by atoms with Crippen molar-refractivity contribution in [1.29, 1.82) is 0 Å². The van der Waals surface area contributed by atoms with Crippen LogP contribution in [0.5, 0.6) is 0 Å². The number of hydrogen-bond acceptors (Lipinski definition) is 2. The number of aldehydes is 1. The smallest absolute Gasteiger partial charge is 0.150 e. The van der Waals surface area contributed by atoms with E-state index < -0.39 is 5.41 Å². The largest absolute Gasteiger partial charge is 0.310 e. The van der Waals surface area contributed by atoms with Crippen molar-refractivity contribution in [2.45, 2.75) is 19.3 Å². The fraction of sp³-hybridized carbons (Fsp3) is 0.0882. The Bertz CT molecular complexity index is 1580. The van der Waals surface area contributed by atoms with Crippen LogP contribution in [0.4, 0.5) is 17.1 Å². The van der Waals surface area contributed by atoms with Gasteiger partial charge in [0.1, 0.15) is 0 Å². The van der Waals surface area contributed by atoms with Gasteiger partial charge in [-0.25, -0.2) is 0 Å². The predicted octanol–water partition coefficient (Wildman–Crippen LogP) is 8.26. The van der Waals surface area contributed by atoms with E-state index >= 15 is 0 Å². The number of para-hydroxylation sites is 2. The van der Waals surface area contributed by atoms with Crippen LogP contribution in [0.25, 0.3) is 11.1 Å². The summed E-state index contributed by atoms with van der Waals surface area (Å²) in [5.74, 6) is 0. The maximum Gasteiger partial charge on any atom is 0.150 e. The third-order valence-corrected chi connectivity index (χ3v) is 8.00. The normalized spacial score (nSPS) is 14.1. The van der Waals surface area contributed by atoms with Crippen molar-refractivity contribution in [2.75, 3.05) is 4.90 Å². The second-order valence-corrected chi connectivity index (χ2v) is 9.82. The molecule has 1 spiro atoms. The first kappa shape index (κ1) is 20.9. The Morgan fingerprint density at radius 3 is 1.47 bits per heavy atom. The monoisotopic (exact) mass is 463 g/mol. The van der Waals surface area contributed by atoms with Gasteiger partial charge >= 0.3 is 0 Å². The minimum Gasteiger partial charge on any atom is -0.310 e. The van der Waals surface area contributed by atoms with Gasteiger partial charge in [0, 0.05) is 11.3 Å². The van der Waals surface area contributed by atoms with Crippen molar-refractivity contribution in [1.82, 2.24) is 0 Å². The van der Waals surface area contributed by atoms with Crippen molar-refractivity contribution < 1.29 is 4.79 Å². The second-order valence-electron chi connectivity index (χ2n) is 9.82. The van der Waals surface area contributed by atoms with E-state index in [-0.39, 0.29) is 0 Å². The summed E-state index contributed by atoms with van der Waals surface area (Å²) >= 11 is 0. The fourth-order valence-electron chi connectivity index (χ4n) is 6.61. The molecular formula is C34H25NO. The van der Waals surface area contributed by atoms with Gasteiger partial charge in [-0.1, -0.05) is 84.9 Å². The standard InChI is InChI=1S/C34H25NO/c1-22-19-24(20-23(2)27(22)21-36)35-32-17-9-7-15-30(32)34(31-16-8-10-18-33(31)35)28-13-5-3-11-25(28)26-12-4-6-14-29(26)34/h3-21H,1-2H3. The zero-order valence-electron chi connectivity index (χ0n) is 20.3. The summed E-state index contributed by atoms with van der Waals surface area (Å²) in [5.41, 5.74) is 13.6. The van der Waals surface area contributed by atoms with Crippen molar-refractivity contribution in [3.05, 3.63) is 148 Å². The highest BCUT2D eigenvalue weighted by atomic mass is 16.1. The summed E-state index contributed by atoms with van der Waals surface area (Å²) < 4.78 is 0. The number of anilines is 3. The summed E-state index contributed by atoms with van der Waals surface area (Å²) in [4.78, 5) is 14.1. The molecule has 2 aliphatic rings. The van der Waals surface area contributed by atoms with Gasteiger partial charge in [0.25, 0.3) is 0 Å². The highest BCUT2D eigenvalue weighted by molar-refractivity contribution is 5.96. The number of carbonyl (C=O) groups is 1. The van der Waals surface area contributed by atoms with E-state index in [9.17, 15) is 4.79 Å². The molecule has 5 aromatic rings. The third-order valence-electron chi connectivity index (χ3n) is 8.00. The van der Waals surface area contributed by atoms with Crippen LogP contribution in [0.3, 0.4) is 0 Å². The summed E-state index contributed by atoms with van der Waals surface area (Å²) in [7, 11) is 0. The van der Waals surface area contributed by atoms with Gasteiger partial charge in [0.05, 0.1) is 16.8 Å². The topological polar surface area (TPSA) is 20.3 Å². The molecule has 36 heavy (non-hydrogen) atoms. The fourth-order valence-corrected chi connectivity index (χ4v) is 6.61. The second kappa shape index (κ2) is 7.53.